The van der Waals surface area contributed by atoms with E-state index in [2.05, 4.69) is 5.32 Å². The summed E-state index contributed by atoms with van der Waals surface area (Å²) in [6.45, 7) is 0.579. The van der Waals surface area contributed by atoms with Gasteiger partial charge >= 0.3 is 0 Å². The predicted octanol–water partition coefficient (Wildman–Crippen LogP) is 2.89. The molecule has 0 saturated carbocycles. The van der Waals surface area contributed by atoms with Crippen molar-refractivity contribution in [1.82, 2.24) is 5.32 Å². The first kappa shape index (κ1) is 13.4. The zero-order valence-corrected chi connectivity index (χ0v) is 11.2. The number of amides is 1. The van der Waals surface area contributed by atoms with Gasteiger partial charge in [0.1, 0.15) is 0 Å². The SMILES string of the molecule is Nc1cccc(C(=O)NCCc2ccc(Cl)cc2)c1. The molecule has 0 aliphatic rings. The minimum atomic E-state index is -0.110. The topological polar surface area (TPSA) is 55.1 Å². The van der Waals surface area contributed by atoms with Crippen LogP contribution in [-0.4, -0.2) is 12.5 Å². The average Bonchev–Trinajstić information content (AvgIpc) is 2.41. The lowest BCUT2D eigenvalue weighted by molar-refractivity contribution is 0.0954. The molecule has 0 spiro atoms. The Hall–Kier alpha value is -2.00. The number of nitrogen functional groups attached to an aromatic ring is 1. The van der Waals surface area contributed by atoms with Crippen LogP contribution in [0.15, 0.2) is 48.5 Å². The highest BCUT2D eigenvalue weighted by Gasteiger charge is 2.04. The molecule has 2 rings (SSSR count). The molecule has 0 aliphatic carbocycles. The van der Waals surface area contributed by atoms with Crippen molar-refractivity contribution in [3.05, 3.63) is 64.7 Å². The number of anilines is 1. The minimum absolute atomic E-state index is 0.110. The molecule has 2 aromatic rings. The first-order valence-electron chi connectivity index (χ1n) is 6.03. The Labute approximate surface area is 117 Å². The highest BCUT2D eigenvalue weighted by Crippen LogP contribution is 2.10. The quantitative estimate of drug-likeness (QED) is 0.843. The maximum atomic E-state index is 11.9. The summed E-state index contributed by atoms with van der Waals surface area (Å²) in [5.41, 5.74) is 7.94. The van der Waals surface area contributed by atoms with Gasteiger partial charge < -0.3 is 11.1 Å². The van der Waals surface area contributed by atoms with Gasteiger partial charge in [-0.1, -0.05) is 29.8 Å². The maximum Gasteiger partial charge on any atom is 0.251 e. The first-order chi connectivity index (χ1) is 9.15. The van der Waals surface area contributed by atoms with Crippen molar-refractivity contribution in [3.8, 4) is 0 Å². The maximum absolute atomic E-state index is 11.9. The lowest BCUT2D eigenvalue weighted by Crippen LogP contribution is -2.25. The number of nitrogens with one attached hydrogen (secondary N) is 1. The van der Waals surface area contributed by atoms with Crippen LogP contribution in [0.1, 0.15) is 15.9 Å². The Morgan fingerprint density at radius 2 is 1.89 bits per heavy atom. The van der Waals surface area contributed by atoms with Crippen LogP contribution in [0.3, 0.4) is 0 Å². The third-order valence-electron chi connectivity index (χ3n) is 2.76. The summed E-state index contributed by atoms with van der Waals surface area (Å²) in [5, 5.41) is 3.58. The average molecular weight is 275 g/mol. The second kappa shape index (κ2) is 6.25. The fourth-order valence-electron chi connectivity index (χ4n) is 1.75. The predicted molar refractivity (Wildman–Crippen MR) is 78.3 cm³/mol. The molecule has 0 unspecified atom stereocenters. The molecule has 0 bridgehead atoms. The van der Waals surface area contributed by atoms with Crippen molar-refractivity contribution in [2.75, 3.05) is 12.3 Å². The molecule has 0 atom stereocenters. The van der Waals surface area contributed by atoms with Crippen molar-refractivity contribution in [2.45, 2.75) is 6.42 Å². The van der Waals surface area contributed by atoms with Gasteiger partial charge in [0.25, 0.3) is 5.91 Å². The van der Waals surface area contributed by atoms with Crippen LogP contribution in [0.25, 0.3) is 0 Å². The van der Waals surface area contributed by atoms with E-state index in [0.717, 1.165) is 12.0 Å². The Balaban J connectivity index is 1.86. The van der Waals surface area contributed by atoms with Crippen molar-refractivity contribution >= 4 is 23.2 Å². The van der Waals surface area contributed by atoms with E-state index in [9.17, 15) is 4.79 Å². The molecule has 19 heavy (non-hydrogen) atoms. The molecule has 3 N–H and O–H groups in total. The van der Waals surface area contributed by atoms with Crippen LogP contribution in [0.4, 0.5) is 5.69 Å². The molecule has 4 heteroatoms. The number of rotatable bonds is 4. The van der Waals surface area contributed by atoms with E-state index in [1.54, 1.807) is 24.3 Å². The number of carbonyl (C=O) groups excluding carboxylic acids is 1. The number of benzene rings is 2. The largest absolute Gasteiger partial charge is 0.399 e. The Morgan fingerprint density at radius 3 is 2.58 bits per heavy atom. The Morgan fingerprint density at radius 1 is 1.16 bits per heavy atom. The second-order valence-corrected chi connectivity index (χ2v) is 4.69. The highest BCUT2D eigenvalue weighted by molar-refractivity contribution is 6.30. The van der Waals surface area contributed by atoms with Crippen molar-refractivity contribution in [2.24, 2.45) is 0 Å². The molecule has 98 valence electrons. The van der Waals surface area contributed by atoms with Gasteiger partial charge in [-0.2, -0.15) is 0 Å². The summed E-state index contributed by atoms with van der Waals surface area (Å²) in [6.07, 6.45) is 0.769. The standard InChI is InChI=1S/C15H15ClN2O/c16-13-6-4-11(5-7-13)8-9-18-15(19)12-2-1-3-14(17)10-12/h1-7,10H,8-9,17H2,(H,18,19). The van der Waals surface area contributed by atoms with E-state index < -0.39 is 0 Å². The third-order valence-corrected chi connectivity index (χ3v) is 3.01. The molecular weight excluding hydrogens is 260 g/mol. The van der Waals surface area contributed by atoms with Gasteiger partial charge in [0, 0.05) is 22.8 Å². The normalized spacial score (nSPS) is 10.2. The van der Waals surface area contributed by atoms with Gasteiger partial charge in [0.05, 0.1) is 0 Å². The van der Waals surface area contributed by atoms with Crippen molar-refractivity contribution in [1.29, 1.82) is 0 Å². The number of hydrogen-bond acceptors (Lipinski definition) is 2. The lowest BCUT2D eigenvalue weighted by Gasteiger charge is -2.06. The molecular formula is C15H15ClN2O. The first-order valence-corrected chi connectivity index (χ1v) is 6.41. The summed E-state index contributed by atoms with van der Waals surface area (Å²) < 4.78 is 0. The fourth-order valence-corrected chi connectivity index (χ4v) is 1.88. The van der Waals surface area contributed by atoms with Crippen LogP contribution >= 0.6 is 11.6 Å². The van der Waals surface area contributed by atoms with Gasteiger partial charge in [-0.15, -0.1) is 0 Å². The summed E-state index contributed by atoms with van der Waals surface area (Å²) in [7, 11) is 0. The zero-order chi connectivity index (χ0) is 13.7. The van der Waals surface area contributed by atoms with Crippen LogP contribution in [-0.2, 0) is 6.42 Å². The summed E-state index contributed by atoms with van der Waals surface area (Å²) in [4.78, 5) is 11.9. The van der Waals surface area contributed by atoms with E-state index in [0.29, 0.717) is 22.8 Å². The summed E-state index contributed by atoms with van der Waals surface area (Å²) >= 11 is 5.81. The van der Waals surface area contributed by atoms with Crippen LogP contribution in [0.2, 0.25) is 5.02 Å². The fraction of sp³-hybridized carbons (Fsp3) is 0.133. The lowest BCUT2D eigenvalue weighted by atomic mass is 10.1. The van der Waals surface area contributed by atoms with E-state index in [1.165, 1.54) is 0 Å². The van der Waals surface area contributed by atoms with E-state index in [4.69, 9.17) is 17.3 Å². The van der Waals surface area contributed by atoms with Crippen molar-refractivity contribution < 1.29 is 4.79 Å². The van der Waals surface area contributed by atoms with E-state index in [-0.39, 0.29) is 5.91 Å². The second-order valence-electron chi connectivity index (χ2n) is 4.26. The highest BCUT2D eigenvalue weighted by atomic mass is 35.5. The number of hydrogen-bond donors (Lipinski definition) is 2. The van der Waals surface area contributed by atoms with Crippen molar-refractivity contribution in [3.63, 3.8) is 0 Å². The molecule has 0 radical (unpaired) electrons. The smallest absolute Gasteiger partial charge is 0.251 e. The number of carbonyl (C=O) groups is 1. The van der Waals surface area contributed by atoms with Crippen LogP contribution in [0.5, 0.6) is 0 Å². The monoisotopic (exact) mass is 274 g/mol. The third kappa shape index (κ3) is 4.00. The molecule has 2 aromatic carbocycles. The molecule has 0 aromatic heterocycles. The molecule has 1 amide bonds. The molecule has 0 heterocycles. The van der Waals surface area contributed by atoms with Gasteiger partial charge in [-0.25, -0.2) is 0 Å². The van der Waals surface area contributed by atoms with Crippen LogP contribution in [0, 0.1) is 0 Å². The van der Waals surface area contributed by atoms with Crippen LogP contribution < -0.4 is 11.1 Å². The Bertz CT molecular complexity index is 567. The Kier molecular flexibility index (Phi) is 4.42. The number of halogens is 1. The molecule has 0 aliphatic heterocycles. The summed E-state index contributed by atoms with van der Waals surface area (Å²) in [5.74, 6) is -0.110. The van der Waals surface area contributed by atoms with Gasteiger partial charge in [-0.3, -0.25) is 4.79 Å². The van der Waals surface area contributed by atoms with Gasteiger partial charge in [0.2, 0.25) is 0 Å². The van der Waals surface area contributed by atoms with E-state index >= 15 is 0 Å². The van der Waals surface area contributed by atoms with Gasteiger partial charge in [0.15, 0.2) is 0 Å². The van der Waals surface area contributed by atoms with Gasteiger partial charge in [-0.05, 0) is 42.3 Å². The molecule has 0 fully saturated rings. The summed E-state index contributed by atoms with van der Waals surface area (Å²) in [6, 6.07) is 14.5. The minimum Gasteiger partial charge on any atom is -0.399 e. The van der Waals surface area contributed by atoms with E-state index in [1.807, 2.05) is 24.3 Å². The number of nitrogens with two attached hydrogens (primary N) is 1. The zero-order valence-electron chi connectivity index (χ0n) is 10.4. The molecule has 3 nitrogen and oxygen atoms in total. The molecule has 0 saturated heterocycles.